The highest BCUT2D eigenvalue weighted by Crippen LogP contribution is 2.17. The van der Waals surface area contributed by atoms with Crippen LogP contribution in [0.2, 0.25) is 5.02 Å². The largest absolute Gasteiger partial charge is 0.481 e. The van der Waals surface area contributed by atoms with Gasteiger partial charge in [0.15, 0.2) is 0 Å². The van der Waals surface area contributed by atoms with E-state index in [2.05, 4.69) is 5.32 Å². The zero-order valence-electron chi connectivity index (χ0n) is 10.6. The standard InChI is InChI=1S/C13H16ClNO3/c1-8-4-5-9(6-10(8)14)12(18)15-13(2,3)7-11(16)17/h4-6H,7H2,1-3H3,(H,15,18)(H,16,17). The highest BCUT2D eigenvalue weighted by atomic mass is 35.5. The summed E-state index contributed by atoms with van der Waals surface area (Å²) >= 11 is 5.94. The van der Waals surface area contributed by atoms with Gasteiger partial charge in [-0.3, -0.25) is 9.59 Å². The van der Waals surface area contributed by atoms with Gasteiger partial charge >= 0.3 is 5.97 Å². The molecule has 5 heteroatoms. The highest BCUT2D eigenvalue weighted by molar-refractivity contribution is 6.31. The number of hydrogen-bond donors (Lipinski definition) is 2. The van der Waals surface area contributed by atoms with Crippen LogP contribution in [0.1, 0.15) is 36.2 Å². The summed E-state index contributed by atoms with van der Waals surface area (Å²) in [7, 11) is 0. The van der Waals surface area contributed by atoms with Crippen LogP contribution in [0.5, 0.6) is 0 Å². The Bertz CT molecular complexity index is 483. The number of benzene rings is 1. The van der Waals surface area contributed by atoms with Crippen molar-refractivity contribution < 1.29 is 14.7 Å². The maximum Gasteiger partial charge on any atom is 0.305 e. The van der Waals surface area contributed by atoms with Gasteiger partial charge in [-0.1, -0.05) is 17.7 Å². The van der Waals surface area contributed by atoms with Crippen LogP contribution in [0.25, 0.3) is 0 Å². The monoisotopic (exact) mass is 269 g/mol. The summed E-state index contributed by atoms with van der Waals surface area (Å²) in [5, 5.41) is 11.9. The van der Waals surface area contributed by atoms with E-state index in [-0.39, 0.29) is 12.3 Å². The lowest BCUT2D eigenvalue weighted by Gasteiger charge is -2.24. The molecule has 0 atom stereocenters. The minimum absolute atomic E-state index is 0.141. The molecule has 1 rings (SSSR count). The number of carbonyl (C=O) groups excluding carboxylic acids is 1. The Morgan fingerprint density at radius 2 is 2.00 bits per heavy atom. The Hall–Kier alpha value is -1.55. The second-order valence-corrected chi connectivity index (χ2v) is 5.28. The van der Waals surface area contributed by atoms with Crippen molar-refractivity contribution in [1.29, 1.82) is 0 Å². The average Bonchev–Trinajstić information content (AvgIpc) is 2.19. The molecule has 0 radical (unpaired) electrons. The van der Waals surface area contributed by atoms with Gasteiger partial charge < -0.3 is 10.4 Å². The van der Waals surface area contributed by atoms with Gasteiger partial charge in [0, 0.05) is 16.1 Å². The van der Waals surface area contributed by atoms with E-state index >= 15 is 0 Å². The second-order valence-electron chi connectivity index (χ2n) is 4.87. The third kappa shape index (κ3) is 4.04. The maximum atomic E-state index is 11.9. The molecule has 0 bridgehead atoms. The molecule has 0 saturated heterocycles. The number of aliphatic carboxylic acids is 1. The van der Waals surface area contributed by atoms with Crippen LogP contribution in [0.15, 0.2) is 18.2 Å². The Morgan fingerprint density at radius 1 is 1.39 bits per heavy atom. The van der Waals surface area contributed by atoms with Gasteiger partial charge in [0.05, 0.1) is 6.42 Å². The minimum atomic E-state index is -0.956. The topological polar surface area (TPSA) is 66.4 Å². The molecule has 1 amide bonds. The Labute approximate surface area is 111 Å². The SMILES string of the molecule is Cc1ccc(C(=O)NC(C)(C)CC(=O)O)cc1Cl. The Balaban J connectivity index is 2.82. The molecule has 1 aromatic carbocycles. The maximum absolute atomic E-state index is 11.9. The lowest BCUT2D eigenvalue weighted by molar-refractivity contribution is -0.138. The van der Waals surface area contributed by atoms with Crippen molar-refractivity contribution in [3.63, 3.8) is 0 Å². The fourth-order valence-electron chi connectivity index (χ4n) is 1.54. The number of carboxylic acid groups (broad SMARTS) is 1. The molecule has 18 heavy (non-hydrogen) atoms. The van der Waals surface area contributed by atoms with Crippen molar-refractivity contribution in [1.82, 2.24) is 5.32 Å². The lowest BCUT2D eigenvalue weighted by Crippen LogP contribution is -2.44. The number of nitrogens with one attached hydrogen (secondary N) is 1. The third-order valence-corrected chi connectivity index (χ3v) is 2.89. The van der Waals surface area contributed by atoms with Gasteiger partial charge in [-0.2, -0.15) is 0 Å². The number of rotatable bonds is 4. The molecule has 1 aromatic rings. The number of carbonyl (C=O) groups is 2. The van der Waals surface area contributed by atoms with E-state index in [9.17, 15) is 9.59 Å². The van der Waals surface area contributed by atoms with Crippen LogP contribution in [-0.4, -0.2) is 22.5 Å². The van der Waals surface area contributed by atoms with Gasteiger partial charge in [0.25, 0.3) is 5.91 Å². The summed E-state index contributed by atoms with van der Waals surface area (Å²) in [5.41, 5.74) is 0.502. The first-order chi connectivity index (χ1) is 8.21. The summed E-state index contributed by atoms with van der Waals surface area (Å²) in [6.45, 7) is 5.17. The van der Waals surface area contributed by atoms with Crippen molar-refractivity contribution in [3.8, 4) is 0 Å². The first-order valence-electron chi connectivity index (χ1n) is 5.52. The van der Waals surface area contributed by atoms with Gasteiger partial charge in [-0.25, -0.2) is 0 Å². The van der Waals surface area contributed by atoms with Crippen LogP contribution < -0.4 is 5.32 Å². The van der Waals surface area contributed by atoms with Gasteiger partial charge in [-0.15, -0.1) is 0 Å². The predicted octanol–water partition coefficient (Wildman–Crippen LogP) is 2.63. The van der Waals surface area contributed by atoms with E-state index in [0.29, 0.717) is 10.6 Å². The molecular formula is C13H16ClNO3. The molecule has 0 saturated carbocycles. The normalized spacial score (nSPS) is 11.1. The third-order valence-electron chi connectivity index (χ3n) is 2.48. The molecule has 0 unspecified atom stereocenters. The molecule has 0 aliphatic heterocycles. The summed E-state index contributed by atoms with van der Waals surface area (Å²) in [5.74, 6) is -1.29. The van der Waals surface area contributed by atoms with Crippen LogP contribution in [0, 0.1) is 6.92 Å². The molecule has 98 valence electrons. The molecule has 0 aliphatic carbocycles. The summed E-state index contributed by atoms with van der Waals surface area (Å²) in [6.07, 6.45) is -0.141. The van der Waals surface area contributed by atoms with E-state index in [1.165, 1.54) is 0 Å². The summed E-state index contributed by atoms with van der Waals surface area (Å²) < 4.78 is 0. The zero-order chi connectivity index (χ0) is 13.9. The van der Waals surface area contributed by atoms with Crippen molar-refractivity contribution in [2.45, 2.75) is 32.7 Å². The van der Waals surface area contributed by atoms with Crippen LogP contribution in [0.3, 0.4) is 0 Å². The van der Waals surface area contributed by atoms with E-state index in [1.54, 1.807) is 32.0 Å². The summed E-state index contributed by atoms with van der Waals surface area (Å²) in [4.78, 5) is 22.6. The number of hydrogen-bond acceptors (Lipinski definition) is 2. The van der Waals surface area contributed by atoms with Crippen LogP contribution in [-0.2, 0) is 4.79 Å². The van der Waals surface area contributed by atoms with E-state index in [1.807, 2.05) is 6.92 Å². The molecule has 2 N–H and O–H groups in total. The fourth-order valence-corrected chi connectivity index (χ4v) is 1.72. The molecule has 0 aromatic heterocycles. The summed E-state index contributed by atoms with van der Waals surface area (Å²) in [6, 6.07) is 4.98. The van der Waals surface area contributed by atoms with Crippen molar-refractivity contribution in [2.24, 2.45) is 0 Å². The van der Waals surface area contributed by atoms with E-state index in [4.69, 9.17) is 16.7 Å². The van der Waals surface area contributed by atoms with Crippen molar-refractivity contribution in [2.75, 3.05) is 0 Å². The molecule has 0 heterocycles. The van der Waals surface area contributed by atoms with Crippen molar-refractivity contribution >= 4 is 23.5 Å². The predicted molar refractivity (Wildman–Crippen MR) is 70.0 cm³/mol. The molecule has 0 spiro atoms. The Morgan fingerprint density at radius 3 is 2.50 bits per heavy atom. The number of carboxylic acids is 1. The smallest absolute Gasteiger partial charge is 0.305 e. The first-order valence-corrected chi connectivity index (χ1v) is 5.89. The zero-order valence-corrected chi connectivity index (χ0v) is 11.3. The first kappa shape index (κ1) is 14.5. The quantitative estimate of drug-likeness (QED) is 0.883. The van der Waals surface area contributed by atoms with Gasteiger partial charge in [-0.05, 0) is 38.5 Å². The van der Waals surface area contributed by atoms with Crippen LogP contribution >= 0.6 is 11.6 Å². The minimum Gasteiger partial charge on any atom is -0.481 e. The Kier molecular flexibility index (Phi) is 4.35. The highest BCUT2D eigenvalue weighted by Gasteiger charge is 2.24. The van der Waals surface area contributed by atoms with Crippen molar-refractivity contribution in [3.05, 3.63) is 34.3 Å². The van der Waals surface area contributed by atoms with Gasteiger partial charge in [0.1, 0.15) is 0 Å². The molecule has 4 nitrogen and oxygen atoms in total. The number of aryl methyl sites for hydroxylation is 1. The fraction of sp³-hybridized carbons (Fsp3) is 0.385. The molecular weight excluding hydrogens is 254 g/mol. The molecule has 0 fully saturated rings. The average molecular weight is 270 g/mol. The van der Waals surface area contributed by atoms with Gasteiger partial charge in [0.2, 0.25) is 0 Å². The van der Waals surface area contributed by atoms with Crippen LogP contribution in [0.4, 0.5) is 0 Å². The second kappa shape index (κ2) is 5.40. The lowest BCUT2D eigenvalue weighted by atomic mass is 10.00. The van der Waals surface area contributed by atoms with E-state index < -0.39 is 11.5 Å². The van der Waals surface area contributed by atoms with E-state index in [0.717, 1.165) is 5.56 Å². The number of amides is 1. The molecule has 0 aliphatic rings. The number of halogens is 1.